The molecule has 0 bridgehead atoms. The first-order valence-corrected chi connectivity index (χ1v) is 7.50. The van der Waals surface area contributed by atoms with Crippen molar-refractivity contribution in [3.63, 3.8) is 0 Å². The van der Waals surface area contributed by atoms with Gasteiger partial charge in [-0.25, -0.2) is 0 Å². The minimum absolute atomic E-state index is 0. The standard InChI is InChI=1S/C16H24N2O3.ClH/c1-12(2)17-8-10-21-15-5-3-14(4-6-15)18-16(19)13-7-9-20-11-13;/h3-6,12-13,17H,7-11H2,1-2H3,(H,18,19);1H. The normalized spacial score (nSPS) is 17.1. The largest absolute Gasteiger partial charge is 0.492 e. The molecule has 1 amide bonds. The molecule has 1 atom stereocenters. The van der Waals surface area contributed by atoms with E-state index in [1.165, 1.54) is 0 Å². The third kappa shape index (κ3) is 6.22. The van der Waals surface area contributed by atoms with E-state index < -0.39 is 0 Å². The van der Waals surface area contributed by atoms with E-state index in [-0.39, 0.29) is 24.2 Å². The van der Waals surface area contributed by atoms with Crippen LogP contribution in [0.15, 0.2) is 24.3 Å². The highest BCUT2D eigenvalue weighted by atomic mass is 35.5. The lowest BCUT2D eigenvalue weighted by Gasteiger charge is -2.11. The summed E-state index contributed by atoms with van der Waals surface area (Å²) in [5.41, 5.74) is 0.791. The fraction of sp³-hybridized carbons (Fsp3) is 0.562. The Morgan fingerprint density at radius 1 is 1.36 bits per heavy atom. The van der Waals surface area contributed by atoms with E-state index in [4.69, 9.17) is 9.47 Å². The average Bonchev–Trinajstić information content (AvgIpc) is 2.99. The fourth-order valence-electron chi connectivity index (χ4n) is 2.14. The van der Waals surface area contributed by atoms with E-state index in [9.17, 15) is 4.79 Å². The summed E-state index contributed by atoms with van der Waals surface area (Å²) < 4.78 is 10.8. The van der Waals surface area contributed by atoms with Gasteiger partial charge in [0.15, 0.2) is 0 Å². The molecule has 1 aromatic rings. The third-order valence-corrected chi connectivity index (χ3v) is 3.35. The first-order chi connectivity index (χ1) is 10.1. The molecular weight excluding hydrogens is 304 g/mol. The molecule has 2 N–H and O–H groups in total. The van der Waals surface area contributed by atoms with Crippen LogP contribution in [0, 0.1) is 5.92 Å². The molecule has 1 aromatic carbocycles. The van der Waals surface area contributed by atoms with Crippen LogP contribution in [0.2, 0.25) is 0 Å². The maximum absolute atomic E-state index is 11.9. The van der Waals surface area contributed by atoms with Gasteiger partial charge >= 0.3 is 0 Å². The molecule has 0 aromatic heterocycles. The zero-order valence-corrected chi connectivity index (χ0v) is 13.9. The summed E-state index contributed by atoms with van der Waals surface area (Å²) in [7, 11) is 0. The van der Waals surface area contributed by atoms with E-state index in [0.717, 1.165) is 24.4 Å². The van der Waals surface area contributed by atoms with Crippen LogP contribution in [0.5, 0.6) is 5.75 Å². The molecule has 1 aliphatic rings. The van der Waals surface area contributed by atoms with Gasteiger partial charge in [0.05, 0.1) is 12.5 Å². The smallest absolute Gasteiger partial charge is 0.229 e. The van der Waals surface area contributed by atoms with Crippen LogP contribution in [0.25, 0.3) is 0 Å². The predicted octanol–water partition coefficient (Wildman–Crippen LogP) is 2.46. The Hall–Kier alpha value is -1.30. The first-order valence-electron chi connectivity index (χ1n) is 7.50. The van der Waals surface area contributed by atoms with Crippen LogP contribution in [-0.4, -0.2) is 38.3 Å². The van der Waals surface area contributed by atoms with Crippen molar-refractivity contribution in [2.45, 2.75) is 26.3 Å². The highest BCUT2D eigenvalue weighted by Gasteiger charge is 2.23. The Labute approximate surface area is 138 Å². The molecule has 1 fully saturated rings. The number of ether oxygens (including phenoxy) is 2. The van der Waals surface area contributed by atoms with Crippen LogP contribution in [0.4, 0.5) is 5.69 Å². The lowest BCUT2D eigenvalue weighted by atomic mass is 10.1. The fourth-order valence-corrected chi connectivity index (χ4v) is 2.14. The molecule has 0 saturated carbocycles. The average molecular weight is 329 g/mol. The number of rotatable bonds is 7. The number of anilines is 1. The zero-order chi connectivity index (χ0) is 15.1. The van der Waals surface area contributed by atoms with Gasteiger partial charge in [0.2, 0.25) is 5.91 Å². The number of halogens is 1. The maximum Gasteiger partial charge on any atom is 0.229 e. The van der Waals surface area contributed by atoms with Gasteiger partial charge < -0.3 is 20.1 Å². The molecule has 6 heteroatoms. The molecule has 22 heavy (non-hydrogen) atoms. The molecule has 5 nitrogen and oxygen atoms in total. The van der Waals surface area contributed by atoms with Crippen molar-refractivity contribution in [2.24, 2.45) is 5.92 Å². The van der Waals surface area contributed by atoms with Crippen LogP contribution >= 0.6 is 12.4 Å². The van der Waals surface area contributed by atoms with Gasteiger partial charge in [-0.05, 0) is 30.7 Å². The minimum Gasteiger partial charge on any atom is -0.492 e. The van der Waals surface area contributed by atoms with Gasteiger partial charge in [-0.2, -0.15) is 0 Å². The quantitative estimate of drug-likeness (QED) is 0.755. The molecule has 0 aliphatic carbocycles. The molecule has 1 saturated heterocycles. The van der Waals surface area contributed by atoms with Crippen molar-refractivity contribution in [1.29, 1.82) is 0 Å². The van der Waals surface area contributed by atoms with Crippen LogP contribution in [0.3, 0.4) is 0 Å². The van der Waals surface area contributed by atoms with Crippen molar-refractivity contribution < 1.29 is 14.3 Å². The highest BCUT2D eigenvalue weighted by Crippen LogP contribution is 2.18. The number of carbonyl (C=O) groups excluding carboxylic acids is 1. The van der Waals surface area contributed by atoms with Crippen molar-refractivity contribution in [3.05, 3.63) is 24.3 Å². The summed E-state index contributed by atoms with van der Waals surface area (Å²) in [4.78, 5) is 11.9. The predicted molar refractivity (Wildman–Crippen MR) is 89.9 cm³/mol. The van der Waals surface area contributed by atoms with E-state index >= 15 is 0 Å². The summed E-state index contributed by atoms with van der Waals surface area (Å²) in [5, 5.41) is 6.20. The number of hydrogen-bond acceptors (Lipinski definition) is 4. The second-order valence-corrected chi connectivity index (χ2v) is 5.53. The summed E-state index contributed by atoms with van der Waals surface area (Å²) >= 11 is 0. The van der Waals surface area contributed by atoms with Gasteiger partial charge in [0.25, 0.3) is 0 Å². The summed E-state index contributed by atoms with van der Waals surface area (Å²) in [6, 6.07) is 7.93. The van der Waals surface area contributed by atoms with Crippen LogP contribution in [-0.2, 0) is 9.53 Å². The summed E-state index contributed by atoms with van der Waals surface area (Å²) in [5.74, 6) is 0.813. The van der Waals surface area contributed by atoms with Gasteiger partial charge in [-0.1, -0.05) is 13.8 Å². The monoisotopic (exact) mass is 328 g/mol. The van der Waals surface area contributed by atoms with Crippen molar-refractivity contribution in [3.8, 4) is 5.75 Å². The SMILES string of the molecule is CC(C)NCCOc1ccc(NC(=O)C2CCOC2)cc1.Cl. The number of hydrogen-bond donors (Lipinski definition) is 2. The van der Waals surface area contributed by atoms with E-state index in [1.807, 2.05) is 24.3 Å². The van der Waals surface area contributed by atoms with E-state index in [2.05, 4.69) is 24.5 Å². The Balaban J connectivity index is 0.00000242. The number of amides is 1. The van der Waals surface area contributed by atoms with Gasteiger partial charge in [0.1, 0.15) is 12.4 Å². The van der Waals surface area contributed by atoms with Crippen LogP contribution in [0.1, 0.15) is 20.3 Å². The number of benzene rings is 1. The topological polar surface area (TPSA) is 59.6 Å². The summed E-state index contributed by atoms with van der Waals surface area (Å²) in [6.07, 6.45) is 0.801. The first kappa shape index (κ1) is 18.7. The third-order valence-electron chi connectivity index (χ3n) is 3.35. The summed E-state index contributed by atoms with van der Waals surface area (Å²) in [6.45, 7) is 6.85. The van der Waals surface area contributed by atoms with Crippen molar-refractivity contribution in [2.75, 3.05) is 31.7 Å². The molecule has 0 radical (unpaired) electrons. The molecular formula is C16H25ClN2O3. The molecule has 1 aliphatic heterocycles. The highest BCUT2D eigenvalue weighted by molar-refractivity contribution is 5.92. The second kappa shape index (κ2) is 9.66. The number of carbonyl (C=O) groups is 1. The Morgan fingerprint density at radius 2 is 2.09 bits per heavy atom. The van der Waals surface area contributed by atoms with Crippen LogP contribution < -0.4 is 15.4 Å². The molecule has 0 spiro atoms. The van der Waals surface area contributed by atoms with Gasteiger partial charge in [-0.15, -0.1) is 12.4 Å². The second-order valence-electron chi connectivity index (χ2n) is 5.53. The minimum atomic E-state index is -0.0250. The molecule has 1 heterocycles. The van der Waals surface area contributed by atoms with E-state index in [1.54, 1.807) is 0 Å². The Kier molecular flexibility index (Phi) is 8.24. The molecule has 1 unspecified atom stereocenters. The van der Waals surface area contributed by atoms with Crippen molar-refractivity contribution >= 4 is 24.0 Å². The zero-order valence-electron chi connectivity index (χ0n) is 13.1. The lowest BCUT2D eigenvalue weighted by Crippen LogP contribution is -2.27. The van der Waals surface area contributed by atoms with Gasteiger partial charge in [-0.3, -0.25) is 4.79 Å². The Morgan fingerprint density at radius 3 is 2.68 bits per heavy atom. The van der Waals surface area contributed by atoms with Gasteiger partial charge in [0, 0.05) is 24.9 Å². The Bertz CT molecular complexity index is 445. The maximum atomic E-state index is 11.9. The lowest BCUT2D eigenvalue weighted by molar-refractivity contribution is -0.119. The van der Waals surface area contributed by atoms with Crippen molar-refractivity contribution in [1.82, 2.24) is 5.32 Å². The molecule has 124 valence electrons. The molecule has 2 rings (SSSR count). The number of nitrogens with one attached hydrogen (secondary N) is 2. The van der Waals surface area contributed by atoms with E-state index in [0.29, 0.717) is 25.9 Å².